The fourth-order valence-electron chi connectivity index (χ4n) is 4.14. The molecule has 0 aromatic heterocycles. The Morgan fingerprint density at radius 2 is 1.58 bits per heavy atom. The average molecular weight is 448 g/mol. The number of carbonyl (C=O) groups is 1. The number of anilines is 2. The Bertz CT molecular complexity index is 1040. The van der Waals surface area contributed by atoms with Crippen LogP contribution in [-0.2, 0) is 11.3 Å². The predicted octanol–water partition coefficient (Wildman–Crippen LogP) is 5.07. The average Bonchev–Trinajstić information content (AvgIpc) is 2.82. The van der Waals surface area contributed by atoms with Crippen LogP contribution in [0.15, 0.2) is 78.9 Å². The smallest absolute Gasteiger partial charge is 0.260 e. The van der Waals surface area contributed by atoms with E-state index in [4.69, 9.17) is 4.74 Å². The van der Waals surface area contributed by atoms with Gasteiger partial charge in [-0.05, 0) is 67.9 Å². The second-order valence-corrected chi connectivity index (χ2v) is 8.60. The molecule has 3 aromatic carbocycles. The zero-order valence-electron chi connectivity index (χ0n) is 19.1. The van der Waals surface area contributed by atoms with Gasteiger partial charge in [-0.25, -0.2) is 4.39 Å². The highest BCUT2D eigenvalue weighted by atomic mass is 19.1. The molecule has 0 unspecified atom stereocenters. The minimum absolute atomic E-state index is 0.0118. The van der Waals surface area contributed by atoms with Gasteiger partial charge in [-0.3, -0.25) is 9.69 Å². The summed E-state index contributed by atoms with van der Waals surface area (Å²) >= 11 is 0. The van der Waals surface area contributed by atoms with Crippen molar-refractivity contribution in [2.24, 2.45) is 0 Å². The largest absolute Gasteiger partial charge is 0.484 e. The minimum atomic E-state index is -0.224. The van der Waals surface area contributed by atoms with Gasteiger partial charge in [0.2, 0.25) is 0 Å². The summed E-state index contributed by atoms with van der Waals surface area (Å²) in [5.74, 6) is 0.428. The van der Waals surface area contributed by atoms with Gasteiger partial charge in [-0.15, -0.1) is 0 Å². The third-order valence-corrected chi connectivity index (χ3v) is 6.01. The highest BCUT2D eigenvalue weighted by Crippen LogP contribution is 2.21. The maximum absolute atomic E-state index is 13.2. The molecule has 0 saturated carbocycles. The second kappa shape index (κ2) is 10.5. The van der Waals surface area contributed by atoms with Crippen molar-refractivity contribution in [3.8, 4) is 5.75 Å². The molecule has 1 saturated heterocycles. The van der Waals surface area contributed by atoms with E-state index in [1.807, 2.05) is 71.6 Å². The lowest BCUT2D eigenvalue weighted by Gasteiger charge is -2.44. The number of carbonyl (C=O) groups excluding carboxylic acids is 1. The molecule has 0 aliphatic carbocycles. The summed E-state index contributed by atoms with van der Waals surface area (Å²) < 4.78 is 19.0. The zero-order valence-corrected chi connectivity index (χ0v) is 19.1. The van der Waals surface area contributed by atoms with Crippen LogP contribution in [0, 0.1) is 5.82 Å². The van der Waals surface area contributed by atoms with E-state index in [1.54, 1.807) is 0 Å². The zero-order chi connectivity index (χ0) is 23.2. The molecule has 2 atom stereocenters. The highest BCUT2D eigenvalue weighted by Gasteiger charge is 2.32. The predicted molar refractivity (Wildman–Crippen MR) is 129 cm³/mol. The number of hydrogen-bond acceptors (Lipinski definition) is 4. The molecule has 1 N–H and O–H groups in total. The molecule has 4 rings (SSSR count). The lowest BCUT2D eigenvalue weighted by Crippen LogP contribution is -2.58. The summed E-state index contributed by atoms with van der Waals surface area (Å²) in [7, 11) is 0. The van der Waals surface area contributed by atoms with Crippen LogP contribution in [0.3, 0.4) is 0 Å². The van der Waals surface area contributed by atoms with E-state index in [9.17, 15) is 9.18 Å². The van der Waals surface area contributed by atoms with Gasteiger partial charge in [0.15, 0.2) is 6.61 Å². The van der Waals surface area contributed by atoms with Gasteiger partial charge in [0.25, 0.3) is 5.91 Å². The number of nitrogens with zero attached hydrogens (tertiary/aromatic N) is 2. The molecule has 6 heteroatoms. The number of benzene rings is 3. The van der Waals surface area contributed by atoms with Crippen molar-refractivity contribution in [2.45, 2.75) is 32.5 Å². The van der Waals surface area contributed by atoms with Crippen molar-refractivity contribution in [1.82, 2.24) is 9.80 Å². The summed E-state index contributed by atoms with van der Waals surface area (Å²) in [6, 6.07) is 24.5. The Morgan fingerprint density at radius 3 is 2.27 bits per heavy atom. The van der Waals surface area contributed by atoms with E-state index in [2.05, 4.69) is 24.1 Å². The van der Waals surface area contributed by atoms with Crippen LogP contribution in [0.5, 0.6) is 5.75 Å². The van der Waals surface area contributed by atoms with Crippen LogP contribution < -0.4 is 10.1 Å². The molecule has 5 nitrogen and oxygen atoms in total. The first kappa shape index (κ1) is 22.8. The summed E-state index contributed by atoms with van der Waals surface area (Å²) in [4.78, 5) is 17.1. The molecular formula is C27H30FN3O2. The fourth-order valence-corrected chi connectivity index (χ4v) is 4.14. The summed E-state index contributed by atoms with van der Waals surface area (Å²) in [5, 5.41) is 3.33. The molecule has 1 fully saturated rings. The maximum Gasteiger partial charge on any atom is 0.260 e. The van der Waals surface area contributed by atoms with Crippen molar-refractivity contribution < 1.29 is 13.9 Å². The molecular weight excluding hydrogens is 417 g/mol. The molecule has 3 aromatic rings. The van der Waals surface area contributed by atoms with Crippen LogP contribution in [-0.4, -0.2) is 47.5 Å². The van der Waals surface area contributed by atoms with E-state index >= 15 is 0 Å². The van der Waals surface area contributed by atoms with Crippen molar-refractivity contribution >= 4 is 17.3 Å². The SMILES string of the molecule is C[C@@H]1CN(C(=O)COc2ccc(Nc3ccccc3)cc2)[C@@H](C)CN1Cc1ccc(F)cc1. The molecule has 0 spiro atoms. The summed E-state index contributed by atoms with van der Waals surface area (Å²) in [6.45, 7) is 6.35. The van der Waals surface area contributed by atoms with Crippen molar-refractivity contribution in [1.29, 1.82) is 0 Å². The second-order valence-electron chi connectivity index (χ2n) is 8.60. The number of ether oxygens (including phenoxy) is 1. The quantitative estimate of drug-likeness (QED) is 0.549. The topological polar surface area (TPSA) is 44.8 Å². The van der Waals surface area contributed by atoms with Crippen LogP contribution in [0.1, 0.15) is 19.4 Å². The maximum atomic E-state index is 13.2. The molecule has 0 radical (unpaired) electrons. The van der Waals surface area contributed by atoms with Crippen LogP contribution >= 0.6 is 0 Å². The Kier molecular flexibility index (Phi) is 7.25. The number of nitrogens with one attached hydrogen (secondary N) is 1. The Hall–Kier alpha value is -3.38. The van der Waals surface area contributed by atoms with E-state index in [0.29, 0.717) is 12.3 Å². The number of para-hydroxylation sites is 1. The number of hydrogen-bond donors (Lipinski definition) is 1. The number of halogens is 1. The lowest BCUT2D eigenvalue weighted by atomic mass is 10.1. The Morgan fingerprint density at radius 1 is 0.909 bits per heavy atom. The van der Waals surface area contributed by atoms with Gasteiger partial charge in [-0.2, -0.15) is 0 Å². The monoisotopic (exact) mass is 447 g/mol. The van der Waals surface area contributed by atoms with E-state index in [-0.39, 0.29) is 30.4 Å². The van der Waals surface area contributed by atoms with Gasteiger partial charge in [0, 0.05) is 43.1 Å². The Labute approximate surface area is 194 Å². The van der Waals surface area contributed by atoms with Crippen LogP contribution in [0.2, 0.25) is 0 Å². The molecule has 172 valence electrons. The highest BCUT2D eigenvalue weighted by molar-refractivity contribution is 5.78. The third kappa shape index (κ3) is 6.11. The normalized spacial score (nSPS) is 18.7. The van der Waals surface area contributed by atoms with Gasteiger partial charge in [0.1, 0.15) is 11.6 Å². The molecule has 1 aliphatic heterocycles. The fraction of sp³-hybridized carbons (Fsp3) is 0.296. The molecule has 1 aliphatic rings. The third-order valence-electron chi connectivity index (χ3n) is 6.01. The summed E-state index contributed by atoms with van der Waals surface area (Å²) in [5.41, 5.74) is 3.05. The van der Waals surface area contributed by atoms with Crippen molar-refractivity contribution in [3.63, 3.8) is 0 Å². The Balaban J connectivity index is 1.27. The summed E-state index contributed by atoms with van der Waals surface area (Å²) in [6.07, 6.45) is 0. The van der Waals surface area contributed by atoms with Crippen LogP contribution in [0.25, 0.3) is 0 Å². The van der Waals surface area contributed by atoms with Gasteiger partial charge in [-0.1, -0.05) is 30.3 Å². The first-order chi connectivity index (χ1) is 16.0. The lowest BCUT2D eigenvalue weighted by molar-refractivity contribution is -0.139. The van der Waals surface area contributed by atoms with Gasteiger partial charge < -0.3 is 15.0 Å². The molecule has 1 amide bonds. The first-order valence-electron chi connectivity index (χ1n) is 11.3. The van der Waals surface area contributed by atoms with E-state index in [1.165, 1.54) is 12.1 Å². The standard InChI is InChI=1S/C27H30FN3O2/c1-20-17-31(21(2)16-30(20)18-22-8-10-23(28)11-9-22)27(32)19-33-26-14-12-25(13-15-26)29-24-6-4-3-5-7-24/h3-15,20-21,29H,16-19H2,1-2H3/t20-,21+/m1/s1. The van der Waals surface area contributed by atoms with Crippen LogP contribution in [0.4, 0.5) is 15.8 Å². The molecule has 0 bridgehead atoms. The molecule has 33 heavy (non-hydrogen) atoms. The van der Waals surface area contributed by atoms with E-state index < -0.39 is 0 Å². The first-order valence-corrected chi connectivity index (χ1v) is 11.3. The molecule has 1 heterocycles. The minimum Gasteiger partial charge on any atom is -0.484 e. The van der Waals surface area contributed by atoms with Crippen molar-refractivity contribution in [2.75, 3.05) is 25.0 Å². The number of piperazine rings is 1. The number of amides is 1. The number of rotatable bonds is 7. The van der Waals surface area contributed by atoms with Gasteiger partial charge >= 0.3 is 0 Å². The van der Waals surface area contributed by atoms with Gasteiger partial charge in [0.05, 0.1) is 0 Å². The van der Waals surface area contributed by atoms with E-state index in [0.717, 1.165) is 30.0 Å². The van der Waals surface area contributed by atoms with Crippen molar-refractivity contribution in [3.05, 3.63) is 90.2 Å².